The molecule has 0 aliphatic carbocycles. The number of hydrogen-bond acceptors (Lipinski definition) is 3. The standard InChI is InChI=1S/C13H7Cl2FN2O/c14-6-1-2-7(10(17)3-6)13-18-11-4-8(15)9(16)5-12(11)19-13/h1-5H,17H2. The van der Waals surface area contributed by atoms with E-state index in [1.165, 1.54) is 12.1 Å². The first-order chi connectivity index (χ1) is 9.04. The number of rotatable bonds is 1. The van der Waals surface area contributed by atoms with Gasteiger partial charge in [-0.1, -0.05) is 23.2 Å². The summed E-state index contributed by atoms with van der Waals surface area (Å²) in [4.78, 5) is 4.23. The van der Waals surface area contributed by atoms with Crippen LogP contribution in [0, 0.1) is 5.82 Å². The van der Waals surface area contributed by atoms with Gasteiger partial charge in [-0.3, -0.25) is 0 Å². The van der Waals surface area contributed by atoms with E-state index in [9.17, 15) is 4.39 Å². The Labute approximate surface area is 117 Å². The molecule has 1 aromatic heterocycles. The molecule has 0 atom stereocenters. The van der Waals surface area contributed by atoms with E-state index in [4.69, 9.17) is 33.4 Å². The quantitative estimate of drug-likeness (QED) is 0.672. The van der Waals surface area contributed by atoms with Crippen LogP contribution in [-0.4, -0.2) is 4.98 Å². The maximum absolute atomic E-state index is 13.3. The summed E-state index contributed by atoms with van der Waals surface area (Å²) < 4.78 is 18.8. The van der Waals surface area contributed by atoms with Crippen molar-refractivity contribution >= 4 is 40.0 Å². The van der Waals surface area contributed by atoms with E-state index >= 15 is 0 Å². The first-order valence-corrected chi connectivity index (χ1v) is 6.11. The molecule has 3 aromatic rings. The summed E-state index contributed by atoms with van der Waals surface area (Å²) in [5.74, 6) is -0.258. The molecule has 0 aliphatic heterocycles. The fourth-order valence-electron chi connectivity index (χ4n) is 1.77. The van der Waals surface area contributed by atoms with Gasteiger partial charge in [-0.15, -0.1) is 0 Å². The van der Waals surface area contributed by atoms with Crippen LogP contribution in [0.4, 0.5) is 10.1 Å². The number of hydrogen-bond donors (Lipinski definition) is 1. The van der Waals surface area contributed by atoms with Gasteiger partial charge in [-0.05, 0) is 24.3 Å². The predicted octanol–water partition coefficient (Wildman–Crippen LogP) is 4.52. The van der Waals surface area contributed by atoms with Crippen molar-refractivity contribution in [1.29, 1.82) is 0 Å². The molecule has 6 heteroatoms. The molecular weight excluding hydrogens is 290 g/mol. The van der Waals surface area contributed by atoms with Gasteiger partial charge in [0.15, 0.2) is 5.58 Å². The summed E-state index contributed by atoms with van der Waals surface area (Å²) in [6.07, 6.45) is 0. The van der Waals surface area contributed by atoms with Crippen molar-refractivity contribution in [2.24, 2.45) is 0 Å². The Kier molecular flexibility index (Phi) is 2.84. The SMILES string of the molecule is Nc1cc(Cl)ccc1-c1nc2cc(Cl)c(F)cc2o1. The summed E-state index contributed by atoms with van der Waals surface area (Å²) in [6, 6.07) is 7.57. The van der Waals surface area contributed by atoms with Gasteiger partial charge in [-0.2, -0.15) is 0 Å². The topological polar surface area (TPSA) is 52.0 Å². The highest BCUT2D eigenvalue weighted by atomic mass is 35.5. The highest BCUT2D eigenvalue weighted by molar-refractivity contribution is 6.31. The largest absolute Gasteiger partial charge is 0.436 e. The Morgan fingerprint density at radius 2 is 1.95 bits per heavy atom. The molecular formula is C13H7Cl2FN2O. The van der Waals surface area contributed by atoms with Crippen LogP contribution < -0.4 is 5.73 Å². The second kappa shape index (κ2) is 4.40. The minimum Gasteiger partial charge on any atom is -0.436 e. The first kappa shape index (κ1) is 12.3. The van der Waals surface area contributed by atoms with Crippen LogP contribution in [0.15, 0.2) is 34.7 Å². The van der Waals surface area contributed by atoms with Crippen LogP contribution in [0.25, 0.3) is 22.6 Å². The third-order valence-electron chi connectivity index (χ3n) is 2.67. The lowest BCUT2D eigenvalue weighted by atomic mass is 10.2. The molecule has 2 N–H and O–H groups in total. The summed E-state index contributed by atoms with van der Waals surface area (Å²) >= 11 is 11.5. The number of nitrogens with zero attached hydrogens (tertiary/aromatic N) is 1. The molecule has 96 valence electrons. The van der Waals surface area contributed by atoms with Crippen LogP contribution in [0.5, 0.6) is 0 Å². The number of fused-ring (bicyclic) bond motifs is 1. The molecule has 0 saturated carbocycles. The Morgan fingerprint density at radius 1 is 1.16 bits per heavy atom. The van der Waals surface area contributed by atoms with Crippen LogP contribution in [0.1, 0.15) is 0 Å². The number of benzene rings is 2. The molecule has 3 rings (SSSR count). The van der Waals surface area contributed by atoms with Gasteiger partial charge in [-0.25, -0.2) is 9.37 Å². The second-order valence-electron chi connectivity index (χ2n) is 3.98. The van der Waals surface area contributed by atoms with Crippen LogP contribution in [0.2, 0.25) is 10.0 Å². The highest BCUT2D eigenvalue weighted by Crippen LogP contribution is 2.31. The van der Waals surface area contributed by atoms with Crippen LogP contribution in [0.3, 0.4) is 0 Å². The van der Waals surface area contributed by atoms with Crippen LogP contribution >= 0.6 is 23.2 Å². The minimum absolute atomic E-state index is 0.00331. The van der Waals surface area contributed by atoms with E-state index in [1.54, 1.807) is 18.2 Å². The monoisotopic (exact) mass is 296 g/mol. The third kappa shape index (κ3) is 2.13. The molecule has 3 nitrogen and oxygen atoms in total. The molecule has 0 bridgehead atoms. The second-order valence-corrected chi connectivity index (χ2v) is 4.83. The van der Waals surface area contributed by atoms with E-state index in [1.807, 2.05) is 0 Å². The number of aromatic nitrogens is 1. The molecule has 0 radical (unpaired) electrons. The Morgan fingerprint density at radius 3 is 2.68 bits per heavy atom. The van der Waals surface area contributed by atoms with Gasteiger partial charge in [0.2, 0.25) is 5.89 Å². The van der Waals surface area contributed by atoms with E-state index in [0.29, 0.717) is 33.3 Å². The van der Waals surface area contributed by atoms with Crippen molar-refractivity contribution in [2.75, 3.05) is 5.73 Å². The molecule has 0 unspecified atom stereocenters. The van der Waals surface area contributed by atoms with Crippen molar-refractivity contribution in [1.82, 2.24) is 4.98 Å². The zero-order valence-corrected chi connectivity index (χ0v) is 11.0. The molecule has 2 aromatic carbocycles. The summed E-state index contributed by atoms with van der Waals surface area (Å²) in [6.45, 7) is 0. The molecule has 0 saturated heterocycles. The third-order valence-corrected chi connectivity index (χ3v) is 3.20. The van der Waals surface area contributed by atoms with Gasteiger partial charge in [0.25, 0.3) is 0 Å². The number of halogens is 3. The lowest BCUT2D eigenvalue weighted by molar-refractivity contribution is 0.603. The molecule has 0 fully saturated rings. The average molecular weight is 297 g/mol. The van der Waals surface area contributed by atoms with E-state index < -0.39 is 5.82 Å². The Hall–Kier alpha value is -1.78. The molecule has 19 heavy (non-hydrogen) atoms. The lowest BCUT2D eigenvalue weighted by Crippen LogP contribution is -1.89. The summed E-state index contributed by atoms with van der Waals surface area (Å²) in [7, 11) is 0. The summed E-state index contributed by atoms with van der Waals surface area (Å²) in [5, 5.41) is 0.517. The number of nitrogens with two attached hydrogens (primary N) is 1. The fraction of sp³-hybridized carbons (Fsp3) is 0. The van der Waals surface area contributed by atoms with Gasteiger partial charge >= 0.3 is 0 Å². The zero-order valence-electron chi connectivity index (χ0n) is 9.45. The predicted molar refractivity (Wildman–Crippen MR) is 73.8 cm³/mol. The molecule has 0 spiro atoms. The number of nitrogen functional groups attached to an aromatic ring is 1. The number of anilines is 1. The van der Waals surface area contributed by atoms with Gasteiger partial charge < -0.3 is 10.2 Å². The van der Waals surface area contributed by atoms with Crippen molar-refractivity contribution in [3.63, 3.8) is 0 Å². The molecule has 0 amide bonds. The lowest BCUT2D eigenvalue weighted by Gasteiger charge is -2.00. The number of oxazole rings is 1. The maximum Gasteiger partial charge on any atom is 0.229 e. The van der Waals surface area contributed by atoms with Gasteiger partial charge in [0.05, 0.1) is 10.6 Å². The van der Waals surface area contributed by atoms with Gasteiger partial charge in [0, 0.05) is 16.8 Å². The van der Waals surface area contributed by atoms with Crippen molar-refractivity contribution in [2.45, 2.75) is 0 Å². The Bertz CT molecular complexity index is 747. The van der Waals surface area contributed by atoms with Crippen LogP contribution in [-0.2, 0) is 0 Å². The molecule has 1 heterocycles. The van der Waals surface area contributed by atoms with E-state index in [2.05, 4.69) is 4.98 Å². The highest BCUT2D eigenvalue weighted by Gasteiger charge is 2.13. The van der Waals surface area contributed by atoms with Crippen molar-refractivity contribution in [3.05, 3.63) is 46.2 Å². The van der Waals surface area contributed by atoms with E-state index in [0.717, 1.165) is 0 Å². The smallest absolute Gasteiger partial charge is 0.229 e. The fourth-order valence-corrected chi connectivity index (χ4v) is 2.11. The normalized spacial score (nSPS) is 11.1. The Balaban J connectivity index is 2.20. The minimum atomic E-state index is -0.555. The average Bonchev–Trinajstić information content (AvgIpc) is 2.72. The summed E-state index contributed by atoms with van der Waals surface area (Å²) in [5.41, 5.74) is 7.66. The maximum atomic E-state index is 13.3. The molecule has 0 aliphatic rings. The first-order valence-electron chi connectivity index (χ1n) is 5.35. The van der Waals surface area contributed by atoms with Gasteiger partial charge in [0.1, 0.15) is 11.3 Å². The zero-order chi connectivity index (χ0) is 13.6. The van der Waals surface area contributed by atoms with Crippen molar-refractivity contribution in [3.8, 4) is 11.5 Å². The van der Waals surface area contributed by atoms with Crippen molar-refractivity contribution < 1.29 is 8.81 Å². The van der Waals surface area contributed by atoms with E-state index in [-0.39, 0.29) is 5.02 Å².